The van der Waals surface area contributed by atoms with Gasteiger partial charge in [-0.05, 0) is 20.3 Å². The Morgan fingerprint density at radius 3 is 2.29 bits per heavy atom. The van der Waals surface area contributed by atoms with E-state index in [1.165, 1.54) is 25.7 Å². The van der Waals surface area contributed by atoms with E-state index in [1.807, 2.05) is 13.8 Å². The van der Waals surface area contributed by atoms with Crippen LogP contribution >= 0.6 is 0 Å². The van der Waals surface area contributed by atoms with Gasteiger partial charge in [0.2, 0.25) is 0 Å². The monoisotopic (exact) mass is 202 g/mol. The van der Waals surface area contributed by atoms with E-state index < -0.39 is 0 Å². The van der Waals surface area contributed by atoms with Gasteiger partial charge in [-0.15, -0.1) is 0 Å². The van der Waals surface area contributed by atoms with Gasteiger partial charge in [0.15, 0.2) is 0 Å². The van der Waals surface area contributed by atoms with Gasteiger partial charge in [0.05, 0.1) is 12.7 Å². The maximum Gasteiger partial charge on any atom is 0.0808 e. The molecule has 0 rings (SSSR count). The maximum atomic E-state index is 5.60. The molecule has 2 heteroatoms. The molecule has 2 nitrogen and oxygen atoms in total. The van der Waals surface area contributed by atoms with Gasteiger partial charge in [-0.1, -0.05) is 32.6 Å². The molecule has 1 atom stereocenters. The zero-order valence-electron chi connectivity index (χ0n) is 10.1. The van der Waals surface area contributed by atoms with Crippen LogP contribution in [0.4, 0.5) is 0 Å². The Labute approximate surface area is 89.0 Å². The summed E-state index contributed by atoms with van der Waals surface area (Å²) in [7, 11) is 0. The Hall–Kier alpha value is -0.0800. The first kappa shape index (κ1) is 13.9. The van der Waals surface area contributed by atoms with Gasteiger partial charge >= 0.3 is 0 Å². The third kappa shape index (κ3) is 8.52. The normalized spacial score (nSPS) is 13.1. The Bertz CT molecular complexity index is 104. The lowest BCUT2D eigenvalue weighted by molar-refractivity contribution is -0.0135. The SMILES string of the molecule is CCCCCCC(COCC)OCC. The van der Waals surface area contributed by atoms with Crippen molar-refractivity contribution in [3.05, 3.63) is 0 Å². The molecule has 0 radical (unpaired) electrons. The lowest BCUT2D eigenvalue weighted by Gasteiger charge is -2.16. The van der Waals surface area contributed by atoms with E-state index in [4.69, 9.17) is 9.47 Å². The molecule has 0 bridgehead atoms. The molecule has 0 fully saturated rings. The molecule has 0 aliphatic carbocycles. The fourth-order valence-corrected chi connectivity index (χ4v) is 1.50. The van der Waals surface area contributed by atoms with E-state index in [-0.39, 0.29) is 0 Å². The van der Waals surface area contributed by atoms with E-state index >= 15 is 0 Å². The van der Waals surface area contributed by atoms with Crippen LogP contribution < -0.4 is 0 Å². The molecule has 86 valence electrons. The van der Waals surface area contributed by atoms with Gasteiger partial charge in [-0.3, -0.25) is 0 Å². The number of unbranched alkanes of at least 4 members (excludes halogenated alkanes) is 3. The second kappa shape index (κ2) is 11.0. The molecule has 0 heterocycles. The number of rotatable bonds is 10. The van der Waals surface area contributed by atoms with E-state index in [0.717, 1.165) is 26.2 Å². The summed E-state index contributed by atoms with van der Waals surface area (Å²) in [6.45, 7) is 8.66. The summed E-state index contributed by atoms with van der Waals surface area (Å²) in [4.78, 5) is 0. The molecule has 0 aromatic rings. The van der Waals surface area contributed by atoms with Crippen LogP contribution in [0.1, 0.15) is 52.9 Å². The van der Waals surface area contributed by atoms with Crippen LogP contribution in [0.5, 0.6) is 0 Å². The van der Waals surface area contributed by atoms with Gasteiger partial charge in [-0.2, -0.15) is 0 Å². The quantitative estimate of drug-likeness (QED) is 0.505. The average molecular weight is 202 g/mol. The van der Waals surface area contributed by atoms with Gasteiger partial charge in [0, 0.05) is 13.2 Å². The molecular formula is C12H26O2. The first-order valence-corrected chi connectivity index (χ1v) is 6.04. The van der Waals surface area contributed by atoms with Crippen molar-refractivity contribution in [1.29, 1.82) is 0 Å². The first-order valence-electron chi connectivity index (χ1n) is 6.04. The summed E-state index contributed by atoms with van der Waals surface area (Å²) in [5, 5.41) is 0. The van der Waals surface area contributed by atoms with E-state index in [2.05, 4.69) is 6.92 Å². The van der Waals surface area contributed by atoms with Crippen molar-refractivity contribution in [2.24, 2.45) is 0 Å². The summed E-state index contributed by atoms with van der Waals surface area (Å²) < 4.78 is 11.0. The molecule has 0 aromatic heterocycles. The Morgan fingerprint density at radius 1 is 0.929 bits per heavy atom. The molecule has 0 spiro atoms. The summed E-state index contributed by atoms with van der Waals surface area (Å²) in [5.74, 6) is 0. The lowest BCUT2D eigenvalue weighted by atomic mass is 10.1. The van der Waals surface area contributed by atoms with Crippen LogP contribution in [-0.4, -0.2) is 25.9 Å². The summed E-state index contributed by atoms with van der Waals surface area (Å²) >= 11 is 0. The molecule has 0 amide bonds. The zero-order chi connectivity index (χ0) is 10.6. The van der Waals surface area contributed by atoms with Gasteiger partial charge in [0.1, 0.15) is 0 Å². The Morgan fingerprint density at radius 2 is 1.71 bits per heavy atom. The van der Waals surface area contributed by atoms with Crippen molar-refractivity contribution in [2.75, 3.05) is 19.8 Å². The predicted molar refractivity (Wildman–Crippen MR) is 60.7 cm³/mol. The molecule has 0 saturated carbocycles. The van der Waals surface area contributed by atoms with Crippen molar-refractivity contribution < 1.29 is 9.47 Å². The van der Waals surface area contributed by atoms with Crippen LogP contribution in [-0.2, 0) is 9.47 Å². The number of hydrogen-bond acceptors (Lipinski definition) is 2. The molecule has 0 N–H and O–H groups in total. The highest BCUT2D eigenvalue weighted by Gasteiger charge is 2.07. The second-order valence-electron chi connectivity index (χ2n) is 3.59. The Balaban J connectivity index is 3.40. The summed E-state index contributed by atoms with van der Waals surface area (Å²) in [6, 6.07) is 0. The smallest absolute Gasteiger partial charge is 0.0808 e. The van der Waals surface area contributed by atoms with Gasteiger partial charge in [0.25, 0.3) is 0 Å². The van der Waals surface area contributed by atoms with Crippen LogP contribution in [0.3, 0.4) is 0 Å². The highest BCUT2D eigenvalue weighted by Crippen LogP contribution is 2.08. The lowest BCUT2D eigenvalue weighted by Crippen LogP contribution is -2.19. The van der Waals surface area contributed by atoms with E-state index in [0.29, 0.717) is 6.10 Å². The van der Waals surface area contributed by atoms with Crippen molar-refractivity contribution in [3.63, 3.8) is 0 Å². The van der Waals surface area contributed by atoms with Gasteiger partial charge < -0.3 is 9.47 Å². The zero-order valence-corrected chi connectivity index (χ0v) is 10.1. The molecule has 1 unspecified atom stereocenters. The van der Waals surface area contributed by atoms with Gasteiger partial charge in [-0.25, -0.2) is 0 Å². The third-order valence-corrected chi connectivity index (χ3v) is 2.29. The summed E-state index contributed by atoms with van der Waals surface area (Å²) in [5.41, 5.74) is 0. The minimum atomic E-state index is 0.316. The van der Waals surface area contributed by atoms with Crippen LogP contribution in [0.2, 0.25) is 0 Å². The van der Waals surface area contributed by atoms with Crippen LogP contribution in [0.15, 0.2) is 0 Å². The molecular weight excluding hydrogens is 176 g/mol. The highest BCUT2D eigenvalue weighted by atomic mass is 16.5. The van der Waals surface area contributed by atoms with Crippen LogP contribution in [0, 0.1) is 0 Å². The highest BCUT2D eigenvalue weighted by molar-refractivity contribution is 4.57. The van der Waals surface area contributed by atoms with Crippen LogP contribution in [0.25, 0.3) is 0 Å². The van der Waals surface area contributed by atoms with Crippen molar-refractivity contribution >= 4 is 0 Å². The fourth-order valence-electron chi connectivity index (χ4n) is 1.50. The Kier molecular flexibility index (Phi) is 10.9. The minimum Gasteiger partial charge on any atom is -0.379 e. The fraction of sp³-hybridized carbons (Fsp3) is 1.00. The topological polar surface area (TPSA) is 18.5 Å². The third-order valence-electron chi connectivity index (χ3n) is 2.29. The average Bonchev–Trinajstić information content (AvgIpc) is 2.20. The largest absolute Gasteiger partial charge is 0.379 e. The molecule has 14 heavy (non-hydrogen) atoms. The van der Waals surface area contributed by atoms with E-state index in [9.17, 15) is 0 Å². The molecule has 0 aromatic carbocycles. The number of hydrogen-bond donors (Lipinski definition) is 0. The van der Waals surface area contributed by atoms with Crippen molar-refractivity contribution in [1.82, 2.24) is 0 Å². The van der Waals surface area contributed by atoms with Crippen molar-refractivity contribution in [2.45, 2.75) is 59.0 Å². The van der Waals surface area contributed by atoms with E-state index in [1.54, 1.807) is 0 Å². The predicted octanol–water partition coefficient (Wildman–Crippen LogP) is 3.40. The number of ether oxygens (including phenoxy) is 2. The summed E-state index contributed by atoms with van der Waals surface area (Å²) in [6.07, 6.45) is 6.70. The standard InChI is InChI=1S/C12H26O2/c1-4-7-8-9-10-12(14-6-3)11-13-5-2/h12H,4-11H2,1-3H3. The first-order chi connectivity index (χ1) is 6.85. The van der Waals surface area contributed by atoms with Crippen molar-refractivity contribution in [3.8, 4) is 0 Å². The molecule has 0 aliphatic rings. The second-order valence-corrected chi connectivity index (χ2v) is 3.59. The molecule has 0 aliphatic heterocycles. The minimum absolute atomic E-state index is 0.316. The molecule has 0 saturated heterocycles. The maximum absolute atomic E-state index is 5.60.